The van der Waals surface area contributed by atoms with E-state index in [0.717, 1.165) is 0 Å². The summed E-state index contributed by atoms with van der Waals surface area (Å²) >= 11 is 0. The lowest BCUT2D eigenvalue weighted by atomic mass is 10.2. The Morgan fingerprint density at radius 3 is 2.18 bits per heavy atom. The first kappa shape index (κ1) is 10.8. The van der Waals surface area contributed by atoms with E-state index in [1.807, 2.05) is 0 Å². The van der Waals surface area contributed by atoms with Gasteiger partial charge in [0.25, 0.3) is 0 Å². The highest BCUT2D eigenvalue weighted by Gasteiger charge is 2.13. The molecule has 0 spiro atoms. The van der Waals surface area contributed by atoms with E-state index < -0.39 is 18.3 Å². The zero-order valence-corrected chi connectivity index (χ0v) is 6.90. The number of hydrogen-bond acceptors (Lipinski definition) is 4. The van der Waals surface area contributed by atoms with Gasteiger partial charge < -0.3 is 20.1 Å². The average Bonchev–Trinajstić information content (AvgIpc) is 1.98. The molecule has 0 aliphatic heterocycles. The predicted octanol–water partition coefficient (Wildman–Crippen LogP) is -0.875. The lowest BCUT2D eigenvalue weighted by Gasteiger charge is -2.18. The van der Waals surface area contributed by atoms with Gasteiger partial charge in [-0.15, -0.1) is 0 Å². The van der Waals surface area contributed by atoms with E-state index in [0.29, 0.717) is 0 Å². The molecule has 0 aliphatic rings. The third-order valence-electron chi connectivity index (χ3n) is 1.33. The van der Waals surface area contributed by atoms with Gasteiger partial charge in [-0.05, 0) is 13.8 Å². The van der Waals surface area contributed by atoms with Crippen molar-refractivity contribution >= 4 is 0 Å². The van der Waals surface area contributed by atoms with Crippen LogP contribution < -0.4 is 0 Å². The Hall–Kier alpha value is -0.160. The minimum atomic E-state index is -0.867. The van der Waals surface area contributed by atoms with Gasteiger partial charge in [-0.3, -0.25) is 0 Å². The fourth-order valence-corrected chi connectivity index (χ4v) is 0.551. The molecule has 0 saturated heterocycles. The van der Waals surface area contributed by atoms with Crippen LogP contribution in [0.2, 0.25) is 0 Å². The molecule has 0 aromatic carbocycles. The molecule has 0 heterocycles. The quantitative estimate of drug-likeness (QED) is 0.494. The normalized spacial score (nSPS) is 19.4. The molecule has 0 radical (unpaired) electrons. The highest BCUT2D eigenvalue weighted by molar-refractivity contribution is 4.62. The molecule has 3 atom stereocenters. The Balaban J connectivity index is 3.43. The molecule has 0 unspecified atom stereocenters. The molecule has 0 saturated carbocycles. The maximum absolute atomic E-state index is 8.98. The Morgan fingerprint density at radius 1 is 1.27 bits per heavy atom. The Kier molecular flexibility index (Phi) is 5.41. The van der Waals surface area contributed by atoms with Crippen molar-refractivity contribution in [2.45, 2.75) is 32.2 Å². The van der Waals surface area contributed by atoms with Crippen molar-refractivity contribution in [2.75, 3.05) is 13.2 Å². The highest BCUT2D eigenvalue weighted by atomic mass is 16.5. The van der Waals surface area contributed by atoms with Gasteiger partial charge in [0.15, 0.2) is 0 Å². The molecule has 4 nitrogen and oxygen atoms in total. The van der Waals surface area contributed by atoms with E-state index in [1.54, 1.807) is 13.8 Å². The molecular weight excluding hydrogens is 148 g/mol. The number of rotatable bonds is 5. The van der Waals surface area contributed by atoms with Crippen molar-refractivity contribution in [1.29, 1.82) is 0 Å². The van der Waals surface area contributed by atoms with Crippen molar-refractivity contribution < 1.29 is 20.1 Å². The van der Waals surface area contributed by atoms with Gasteiger partial charge in [0.1, 0.15) is 6.10 Å². The maximum atomic E-state index is 8.98. The van der Waals surface area contributed by atoms with Gasteiger partial charge in [0, 0.05) is 0 Å². The van der Waals surface area contributed by atoms with Crippen molar-refractivity contribution in [1.82, 2.24) is 0 Å². The summed E-state index contributed by atoms with van der Waals surface area (Å²) in [7, 11) is 0. The third-order valence-corrected chi connectivity index (χ3v) is 1.33. The molecule has 0 aromatic heterocycles. The summed E-state index contributed by atoms with van der Waals surface area (Å²) < 4.78 is 5.00. The number of hydrogen-bond donors (Lipinski definition) is 3. The summed E-state index contributed by atoms with van der Waals surface area (Å²) in [5.41, 5.74) is 0. The Bertz CT molecular complexity index is 94.4. The van der Waals surface area contributed by atoms with Crippen LogP contribution >= 0.6 is 0 Å². The number of ether oxygens (including phenoxy) is 1. The summed E-state index contributed by atoms with van der Waals surface area (Å²) in [6, 6.07) is 0. The van der Waals surface area contributed by atoms with Crippen LogP contribution in [0.25, 0.3) is 0 Å². The van der Waals surface area contributed by atoms with Gasteiger partial charge in [0.05, 0.1) is 25.4 Å². The SMILES string of the molecule is C[C@H](O)CO[C@@H](C)[C@@H](O)CO. The summed E-state index contributed by atoms with van der Waals surface area (Å²) in [5, 5.41) is 26.2. The van der Waals surface area contributed by atoms with E-state index in [-0.39, 0.29) is 13.2 Å². The molecule has 0 amide bonds. The first-order valence-electron chi connectivity index (χ1n) is 3.66. The summed E-state index contributed by atoms with van der Waals surface area (Å²) in [6.45, 7) is 3.10. The number of aliphatic hydroxyl groups excluding tert-OH is 3. The molecule has 0 aliphatic carbocycles. The van der Waals surface area contributed by atoms with E-state index in [1.165, 1.54) is 0 Å². The summed E-state index contributed by atoms with van der Waals surface area (Å²) in [5.74, 6) is 0. The topological polar surface area (TPSA) is 69.9 Å². The summed E-state index contributed by atoms with van der Waals surface area (Å²) in [6.07, 6.45) is -1.84. The zero-order chi connectivity index (χ0) is 8.85. The maximum Gasteiger partial charge on any atom is 0.103 e. The van der Waals surface area contributed by atoms with Gasteiger partial charge >= 0.3 is 0 Å². The molecule has 0 rings (SSSR count). The third kappa shape index (κ3) is 5.15. The standard InChI is InChI=1S/C7H16O4/c1-5(9)4-11-6(2)7(10)3-8/h5-10H,3-4H2,1-2H3/t5-,6-,7-/m0/s1. The van der Waals surface area contributed by atoms with Crippen molar-refractivity contribution in [3.05, 3.63) is 0 Å². The highest BCUT2D eigenvalue weighted by Crippen LogP contribution is 1.98. The van der Waals surface area contributed by atoms with E-state index in [2.05, 4.69) is 0 Å². The smallest absolute Gasteiger partial charge is 0.103 e. The zero-order valence-electron chi connectivity index (χ0n) is 6.90. The molecule has 68 valence electrons. The lowest BCUT2D eigenvalue weighted by Crippen LogP contribution is -2.31. The van der Waals surface area contributed by atoms with E-state index in [9.17, 15) is 0 Å². The Labute approximate surface area is 66.4 Å². The van der Waals surface area contributed by atoms with Crippen LogP contribution in [0.15, 0.2) is 0 Å². The predicted molar refractivity (Wildman–Crippen MR) is 40.2 cm³/mol. The van der Waals surface area contributed by atoms with Crippen LogP contribution in [-0.4, -0.2) is 46.8 Å². The second-order valence-electron chi connectivity index (χ2n) is 2.64. The van der Waals surface area contributed by atoms with Crippen LogP contribution in [0.3, 0.4) is 0 Å². The van der Waals surface area contributed by atoms with Crippen LogP contribution in [-0.2, 0) is 4.74 Å². The van der Waals surface area contributed by atoms with Crippen molar-refractivity contribution in [2.24, 2.45) is 0 Å². The fourth-order valence-electron chi connectivity index (χ4n) is 0.551. The van der Waals surface area contributed by atoms with Gasteiger partial charge in [0.2, 0.25) is 0 Å². The van der Waals surface area contributed by atoms with E-state index in [4.69, 9.17) is 20.1 Å². The van der Waals surface area contributed by atoms with Crippen LogP contribution in [0.4, 0.5) is 0 Å². The van der Waals surface area contributed by atoms with Crippen LogP contribution in [0.5, 0.6) is 0 Å². The summed E-state index contributed by atoms with van der Waals surface area (Å²) in [4.78, 5) is 0. The molecule has 0 fully saturated rings. The average molecular weight is 164 g/mol. The van der Waals surface area contributed by atoms with E-state index >= 15 is 0 Å². The minimum Gasteiger partial charge on any atom is -0.394 e. The second kappa shape index (κ2) is 5.49. The molecule has 0 bridgehead atoms. The van der Waals surface area contributed by atoms with Gasteiger partial charge in [-0.25, -0.2) is 0 Å². The molecular formula is C7H16O4. The van der Waals surface area contributed by atoms with Crippen molar-refractivity contribution in [3.8, 4) is 0 Å². The van der Waals surface area contributed by atoms with Crippen LogP contribution in [0.1, 0.15) is 13.8 Å². The molecule has 0 aromatic rings. The molecule has 3 N–H and O–H groups in total. The molecule has 11 heavy (non-hydrogen) atoms. The van der Waals surface area contributed by atoms with Crippen molar-refractivity contribution in [3.63, 3.8) is 0 Å². The van der Waals surface area contributed by atoms with Gasteiger partial charge in [-0.1, -0.05) is 0 Å². The lowest BCUT2D eigenvalue weighted by molar-refractivity contribution is -0.0691. The van der Waals surface area contributed by atoms with Gasteiger partial charge in [-0.2, -0.15) is 0 Å². The largest absolute Gasteiger partial charge is 0.394 e. The Morgan fingerprint density at radius 2 is 1.82 bits per heavy atom. The molecule has 4 heteroatoms. The fraction of sp³-hybridized carbons (Fsp3) is 1.00. The van der Waals surface area contributed by atoms with Crippen LogP contribution in [0, 0.1) is 0 Å². The monoisotopic (exact) mass is 164 g/mol. The first-order chi connectivity index (χ1) is 5.07. The minimum absolute atomic E-state index is 0.179. The first-order valence-corrected chi connectivity index (χ1v) is 3.66. The second-order valence-corrected chi connectivity index (χ2v) is 2.64. The number of aliphatic hydroxyl groups is 3.